The van der Waals surface area contributed by atoms with Crippen LogP contribution in [0.3, 0.4) is 0 Å². The summed E-state index contributed by atoms with van der Waals surface area (Å²) in [5, 5.41) is 0. The molecule has 0 unspecified atom stereocenters. The summed E-state index contributed by atoms with van der Waals surface area (Å²) in [7, 11) is 2.23. The molecule has 4 heteroatoms. The molecule has 3 nitrogen and oxygen atoms in total. The van der Waals surface area contributed by atoms with E-state index in [1.807, 2.05) is 12.3 Å². The first-order valence-corrected chi connectivity index (χ1v) is 7.52. The summed E-state index contributed by atoms with van der Waals surface area (Å²) >= 11 is 0. The van der Waals surface area contributed by atoms with E-state index in [-0.39, 0.29) is 0 Å². The van der Waals surface area contributed by atoms with E-state index < -0.39 is 5.95 Å². The van der Waals surface area contributed by atoms with Gasteiger partial charge in [-0.05, 0) is 50.1 Å². The Morgan fingerprint density at radius 1 is 1.24 bits per heavy atom. The van der Waals surface area contributed by atoms with Crippen LogP contribution in [0.2, 0.25) is 0 Å². The van der Waals surface area contributed by atoms with E-state index in [1.54, 1.807) is 12.3 Å². The number of likely N-dealkylation sites (N-methyl/N-ethyl adjacent to an activating group) is 1. The summed E-state index contributed by atoms with van der Waals surface area (Å²) < 4.78 is 13.3. The highest BCUT2D eigenvalue weighted by Gasteiger charge is 2.44. The molecule has 0 spiro atoms. The molecule has 3 atom stereocenters. The first-order valence-electron chi connectivity index (χ1n) is 7.52. The van der Waals surface area contributed by atoms with E-state index in [0.717, 1.165) is 11.6 Å². The van der Waals surface area contributed by atoms with Crippen molar-refractivity contribution in [1.82, 2.24) is 14.9 Å². The Bertz CT molecular complexity index is 673. The molecular weight excluding hydrogens is 264 g/mol. The van der Waals surface area contributed by atoms with Gasteiger partial charge in [0.1, 0.15) is 0 Å². The van der Waals surface area contributed by atoms with Crippen LogP contribution < -0.4 is 0 Å². The molecule has 0 N–H and O–H groups in total. The van der Waals surface area contributed by atoms with Crippen LogP contribution in [0.15, 0.2) is 36.7 Å². The lowest BCUT2D eigenvalue weighted by Gasteiger charge is -2.22. The summed E-state index contributed by atoms with van der Waals surface area (Å²) in [5.74, 6) is 0.104. The predicted molar refractivity (Wildman–Crippen MR) is 79.4 cm³/mol. The van der Waals surface area contributed by atoms with Gasteiger partial charge in [-0.2, -0.15) is 4.39 Å². The lowest BCUT2D eigenvalue weighted by Crippen LogP contribution is -2.25. The number of fused-ring (bicyclic) bond motifs is 2. The number of aromatic nitrogens is 2. The minimum Gasteiger partial charge on any atom is -0.300 e. The van der Waals surface area contributed by atoms with Crippen molar-refractivity contribution in [3.63, 3.8) is 0 Å². The van der Waals surface area contributed by atoms with Gasteiger partial charge < -0.3 is 0 Å². The van der Waals surface area contributed by atoms with Gasteiger partial charge in [-0.25, -0.2) is 4.98 Å². The van der Waals surface area contributed by atoms with Crippen molar-refractivity contribution in [2.75, 3.05) is 7.05 Å². The SMILES string of the molecule is CN1[C@H]2CC[C@@H]1[C@@H](c1cncc(-c3cccc([18F])n3)c1)C2. The summed E-state index contributed by atoms with van der Waals surface area (Å²) in [6.45, 7) is 0. The van der Waals surface area contributed by atoms with Gasteiger partial charge >= 0.3 is 0 Å². The van der Waals surface area contributed by atoms with Gasteiger partial charge in [0.25, 0.3) is 0 Å². The van der Waals surface area contributed by atoms with Crippen molar-refractivity contribution < 1.29 is 4.39 Å². The van der Waals surface area contributed by atoms with Crippen LogP contribution in [-0.4, -0.2) is 34.0 Å². The average Bonchev–Trinajstić information content (AvgIpc) is 3.03. The molecular formula is C17H18FN3. The average molecular weight is 282 g/mol. The molecule has 2 aromatic heterocycles. The van der Waals surface area contributed by atoms with Gasteiger partial charge in [-0.15, -0.1) is 0 Å². The number of rotatable bonds is 2. The second kappa shape index (κ2) is 4.88. The van der Waals surface area contributed by atoms with E-state index >= 15 is 0 Å². The predicted octanol–water partition coefficient (Wildman–Crippen LogP) is 3.23. The number of hydrogen-bond donors (Lipinski definition) is 0. The van der Waals surface area contributed by atoms with Crippen LogP contribution in [0.4, 0.5) is 4.39 Å². The van der Waals surface area contributed by atoms with Crippen molar-refractivity contribution in [1.29, 1.82) is 0 Å². The molecule has 2 aromatic rings. The molecule has 108 valence electrons. The Labute approximate surface area is 123 Å². The maximum atomic E-state index is 13.3. The fourth-order valence-electron chi connectivity index (χ4n) is 3.99. The lowest BCUT2D eigenvalue weighted by molar-refractivity contribution is 0.307. The fourth-order valence-corrected chi connectivity index (χ4v) is 3.99. The van der Waals surface area contributed by atoms with Gasteiger partial charge in [0.2, 0.25) is 5.95 Å². The van der Waals surface area contributed by atoms with Gasteiger partial charge in [-0.1, -0.05) is 6.07 Å². The monoisotopic (exact) mass is 282 g/mol. The van der Waals surface area contributed by atoms with Crippen molar-refractivity contribution in [3.8, 4) is 11.3 Å². The minimum atomic E-state index is -0.447. The number of halogens is 1. The van der Waals surface area contributed by atoms with Crippen LogP contribution >= 0.6 is 0 Å². The highest BCUT2D eigenvalue weighted by Crippen LogP contribution is 2.45. The maximum Gasteiger partial charge on any atom is 0.213 e. The van der Waals surface area contributed by atoms with Crippen LogP contribution in [0, 0.1) is 5.95 Å². The third-order valence-corrected chi connectivity index (χ3v) is 5.08. The van der Waals surface area contributed by atoms with Crippen LogP contribution in [-0.2, 0) is 0 Å². The van der Waals surface area contributed by atoms with E-state index in [2.05, 4.69) is 28.0 Å². The van der Waals surface area contributed by atoms with Gasteiger partial charge in [0, 0.05) is 36.0 Å². The van der Waals surface area contributed by atoms with Crippen molar-refractivity contribution >= 4 is 0 Å². The number of nitrogens with zero attached hydrogens (tertiary/aromatic N) is 3. The van der Waals surface area contributed by atoms with Gasteiger partial charge in [0.05, 0.1) is 5.69 Å². The fraction of sp³-hybridized carbons (Fsp3) is 0.412. The second-order valence-electron chi connectivity index (χ2n) is 6.16. The molecule has 0 radical (unpaired) electrons. The van der Waals surface area contributed by atoms with E-state index in [0.29, 0.717) is 17.7 Å². The third kappa shape index (κ3) is 2.14. The maximum absolute atomic E-state index is 13.3. The van der Waals surface area contributed by atoms with Crippen molar-refractivity contribution in [2.24, 2.45) is 0 Å². The molecule has 0 amide bonds. The zero-order valence-corrected chi connectivity index (χ0v) is 12.0. The first kappa shape index (κ1) is 12.9. The highest BCUT2D eigenvalue weighted by molar-refractivity contribution is 5.58. The molecule has 0 saturated carbocycles. The molecule has 2 saturated heterocycles. The quantitative estimate of drug-likeness (QED) is 0.792. The van der Waals surface area contributed by atoms with Crippen LogP contribution in [0.25, 0.3) is 11.3 Å². The number of pyridine rings is 2. The summed E-state index contributed by atoms with van der Waals surface area (Å²) in [6.07, 6.45) is 7.53. The smallest absolute Gasteiger partial charge is 0.213 e. The van der Waals surface area contributed by atoms with Crippen molar-refractivity contribution in [3.05, 3.63) is 48.2 Å². The minimum absolute atomic E-state index is 0.447. The molecule has 0 aliphatic carbocycles. The topological polar surface area (TPSA) is 29.0 Å². The Morgan fingerprint density at radius 3 is 2.86 bits per heavy atom. The summed E-state index contributed by atoms with van der Waals surface area (Å²) in [5.41, 5.74) is 2.82. The molecule has 2 fully saturated rings. The molecule has 2 aliphatic heterocycles. The zero-order valence-electron chi connectivity index (χ0n) is 12.0. The molecule has 2 bridgehead atoms. The molecule has 4 heterocycles. The van der Waals surface area contributed by atoms with Crippen molar-refractivity contribution in [2.45, 2.75) is 37.3 Å². The Kier molecular flexibility index (Phi) is 3.00. The molecule has 21 heavy (non-hydrogen) atoms. The van der Waals surface area contributed by atoms with Crippen LogP contribution in [0.5, 0.6) is 0 Å². The standard InChI is InChI=1S/C17H18FN3/c1-21-13-5-6-16(21)14(8-13)11-7-12(10-19-9-11)15-3-2-4-17(18)20-15/h2-4,7,9-10,13-14,16H,5-6,8H2,1H3/t13-,14+,16+/m0/s1/i18-1. The molecule has 4 rings (SSSR count). The normalized spacial score (nSPS) is 28.2. The Morgan fingerprint density at radius 2 is 2.14 bits per heavy atom. The summed E-state index contributed by atoms with van der Waals surface area (Å²) in [4.78, 5) is 10.8. The molecule has 0 aromatic carbocycles. The van der Waals surface area contributed by atoms with Gasteiger partial charge in [0.15, 0.2) is 0 Å². The lowest BCUT2D eigenvalue weighted by atomic mass is 9.84. The van der Waals surface area contributed by atoms with Gasteiger partial charge in [-0.3, -0.25) is 9.88 Å². The molecule has 2 aliphatic rings. The van der Waals surface area contributed by atoms with E-state index in [4.69, 9.17) is 0 Å². The van der Waals surface area contributed by atoms with E-state index in [9.17, 15) is 4.39 Å². The van der Waals surface area contributed by atoms with Crippen LogP contribution in [0.1, 0.15) is 30.7 Å². The zero-order chi connectivity index (χ0) is 14.4. The second-order valence-corrected chi connectivity index (χ2v) is 6.16. The summed E-state index contributed by atoms with van der Waals surface area (Å²) in [6, 6.07) is 8.37. The first-order chi connectivity index (χ1) is 10.2. The van der Waals surface area contributed by atoms with E-state index in [1.165, 1.54) is 30.9 Å². The Balaban J connectivity index is 1.68. The third-order valence-electron chi connectivity index (χ3n) is 5.08. The number of hydrogen-bond acceptors (Lipinski definition) is 3. The highest BCUT2D eigenvalue weighted by atomic mass is 18.2. The largest absolute Gasteiger partial charge is 0.300 e. The Hall–Kier alpha value is -1.81.